The quantitative estimate of drug-likeness (QED) is 0.818. The lowest BCUT2D eigenvalue weighted by molar-refractivity contribution is 0.0697. The maximum atomic E-state index is 11.4. The molecule has 4 nitrogen and oxygen atoms in total. The lowest BCUT2D eigenvalue weighted by Crippen LogP contribution is -2.04. The fraction of sp³-hybridized carbons (Fsp3) is 0.500. The summed E-state index contributed by atoms with van der Waals surface area (Å²) in [7, 11) is 0. The van der Waals surface area contributed by atoms with Crippen molar-refractivity contribution in [3.63, 3.8) is 0 Å². The van der Waals surface area contributed by atoms with E-state index in [0.29, 0.717) is 12.0 Å². The van der Waals surface area contributed by atoms with Gasteiger partial charge in [0.15, 0.2) is 0 Å². The molecule has 0 fully saturated rings. The third kappa shape index (κ3) is 3.17. The van der Waals surface area contributed by atoms with Crippen LogP contribution in [0.4, 0.5) is 0 Å². The summed E-state index contributed by atoms with van der Waals surface area (Å²) in [6.07, 6.45) is 4.78. The third-order valence-corrected chi connectivity index (χ3v) is 4.03. The topological polar surface area (TPSA) is 62.5 Å². The number of aliphatic hydroxyl groups excluding tert-OH is 1. The van der Waals surface area contributed by atoms with Crippen LogP contribution in [0, 0.1) is 0 Å². The molecule has 0 spiro atoms. The highest BCUT2D eigenvalue weighted by Gasteiger charge is 2.17. The first-order valence-corrected chi connectivity index (χ1v) is 7.99. The molecular formula is C18H25NO3. The molecule has 2 aromatic rings. The van der Waals surface area contributed by atoms with Crippen molar-refractivity contribution in [2.75, 3.05) is 6.61 Å². The van der Waals surface area contributed by atoms with Gasteiger partial charge in [-0.2, -0.15) is 0 Å². The minimum absolute atomic E-state index is 0.160. The zero-order valence-corrected chi connectivity index (χ0v) is 13.6. The third-order valence-electron chi connectivity index (χ3n) is 4.03. The van der Waals surface area contributed by atoms with Crippen molar-refractivity contribution in [1.29, 1.82) is 0 Å². The second-order valence-corrected chi connectivity index (χ2v) is 6.10. The highest BCUT2D eigenvalue weighted by molar-refractivity contribution is 5.97. The molecule has 1 aromatic carbocycles. The van der Waals surface area contributed by atoms with Crippen LogP contribution in [0.2, 0.25) is 0 Å². The molecule has 22 heavy (non-hydrogen) atoms. The van der Waals surface area contributed by atoms with Crippen LogP contribution in [0.3, 0.4) is 0 Å². The van der Waals surface area contributed by atoms with E-state index in [1.54, 1.807) is 12.1 Å². The highest BCUT2D eigenvalue weighted by atomic mass is 16.4. The Morgan fingerprint density at radius 2 is 2.05 bits per heavy atom. The van der Waals surface area contributed by atoms with Crippen molar-refractivity contribution >= 4 is 16.9 Å². The van der Waals surface area contributed by atoms with E-state index in [0.717, 1.165) is 35.9 Å². The highest BCUT2D eigenvalue weighted by Crippen LogP contribution is 2.32. The number of aryl methyl sites for hydroxylation is 2. The van der Waals surface area contributed by atoms with Gasteiger partial charge >= 0.3 is 5.97 Å². The molecular weight excluding hydrogens is 278 g/mol. The number of hydrogen-bond donors (Lipinski definition) is 2. The van der Waals surface area contributed by atoms with Crippen LogP contribution in [0.25, 0.3) is 10.9 Å². The van der Waals surface area contributed by atoms with Crippen LogP contribution >= 0.6 is 0 Å². The van der Waals surface area contributed by atoms with E-state index in [1.807, 2.05) is 0 Å². The summed E-state index contributed by atoms with van der Waals surface area (Å²) in [5.41, 5.74) is 3.74. The van der Waals surface area contributed by atoms with Gasteiger partial charge in [0.1, 0.15) is 0 Å². The van der Waals surface area contributed by atoms with Crippen molar-refractivity contribution in [1.82, 2.24) is 4.57 Å². The number of aliphatic hydroxyl groups is 1. The monoisotopic (exact) mass is 303 g/mol. The Labute approximate surface area is 131 Å². The van der Waals surface area contributed by atoms with Gasteiger partial charge in [0.2, 0.25) is 0 Å². The number of carboxylic acids is 1. The average molecular weight is 303 g/mol. The number of hydrogen-bond acceptors (Lipinski definition) is 2. The first kappa shape index (κ1) is 16.6. The summed E-state index contributed by atoms with van der Waals surface area (Å²) in [6.45, 7) is 7.21. The molecule has 0 unspecified atom stereocenters. The Bertz CT molecular complexity index is 671. The number of aromatic carboxylic acids is 1. The van der Waals surface area contributed by atoms with Gasteiger partial charge in [0.05, 0.1) is 11.1 Å². The average Bonchev–Trinajstić information content (AvgIpc) is 2.82. The minimum atomic E-state index is -0.880. The molecule has 1 aromatic heterocycles. The van der Waals surface area contributed by atoms with Gasteiger partial charge in [0.25, 0.3) is 0 Å². The Morgan fingerprint density at radius 3 is 2.59 bits per heavy atom. The van der Waals surface area contributed by atoms with Crippen molar-refractivity contribution in [3.05, 3.63) is 35.0 Å². The Morgan fingerprint density at radius 1 is 1.32 bits per heavy atom. The van der Waals surface area contributed by atoms with Crippen LogP contribution in [0.1, 0.15) is 61.0 Å². The summed E-state index contributed by atoms with van der Waals surface area (Å²) in [6, 6.07) is 3.59. The van der Waals surface area contributed by atoms with E-state index in [1.165, 1.54) is 5.56 Å². The summed E-state index contributed by atoms with van der Waals surface area (Å²) in [5.74, 6) is -0.631. The van der Waals surface area contributed by atoms with E-state index in [-0.39, 0.29) is 12.5 Å². The van der Waals surface area contributed by atoms with Crippen molar-refractivity contribution in [3.8, 4) is 0 Å². The zero-order chi connectivity index (χ0) is 16.3. The molecule has 2 N–H and O–H groups in total. The molecule has 0 amide bonds. The number of carboxylic acid groups (broad SMARTS) is 1. The van der Waals surface area contributed by atoms with Gasteiger partial charge in [-0.3, -0.25) is 0 Å². The number of benzene rings is 1. The number of aromatic nitrogens is 1. The van der Waals surface area contributed by atoms with E-state index in [2.05, 4.69) is 31.5 Å². The number of fused-ring (bicyclic) bond motifs is 1. The van der Waals surface area contributed by atoms with E-state index in [4.69, 9.17) is 5.11 Å². The van der Waals surface area contributed by atoms with Crippen LogP contribution in [-0.4, -0.2) is 27.4 Å². The van der Waals surface area contributed by atoms with E-state index in [9.17, 15) is 9.90 Å². The van der Waals surface area contributed by atoms with Crippen LogP contribution < -0.4 is 0 Å². The second-order valence-electron chi connectivity index (χ2n) is 6.10. The predicted molar refractivity (Wildman–Crippen MR) is 88.7 cm³/mol. The summed E-state index contributed by atoms with van der Waals surface area (Å²) in [5, 5.41) is 19.5. The van der Waals surface area contributed by atoms with E-state index >= 15 is 0 Å². The van der Waals surface area contributed by atoms with Gasteiger partial charge in [0, 0.05) is 24.7 Å². The first-order chi connectivity index (χ1) is 10.5. The normalized spacial score (nSPS) is 11.5. The smallest absolute Gasteiger partial charge is 0.335 e. The number of nitrogens with zero attached hydrogens (tertiary/aromatic N) is 1. The lowest BCUT2D eigenvalue weighted by Gasteiger charge is -2.13. The summed E-state index contributed by atoms with van der Waals surface area (Å²) < 4.78 is 2.18. The molecule has 0 aliphatic heterocycles. The standard InChI is InChI=1S/C18H25NO3/c1-4-6-13-11-19(7-5-8-20)17-15(12(2)3)9-14(18(21)22)10-16(13)17/h9-12,20H,4-8H2,1-3H3,(H,21,22). The molecule has 120 valence electrons. The van der Waals surface area contributed by atoms with Gasteiger partial charge in [-0.1, -0.05) is 27.2 Å². The van der Waals surface area contributed by atoms with Gasteiger partial charge in [-0.15, -0.1) is 0 Å². The molecule has 0 bridgehead atoms. The van der Waals surface area contributed by atoms with Gasteiger partial charge < -0.3 is 14.8 Å². The minimum Gasteiger partial charge on any atom is -0.478 e. The summed E-state index contributed by atoms with van der Waals surface area (Å²) in [4.78, 5) is 11.4. The molecule has 1 heterocycles. The number of rotatable bonds is 7. The number of carbonyl (C=O) groups is 1. The van der Waals surface area contributed by atoms with Gasteiger partial charge in [-0.05, 0) is 42.0 Å². The fourth-order valence-electron chi connectivity index (χ4n) is 2.99. The van der Waals surface area contributed by atoms with Crippen molar-refractivity contribution in [2.24, 2.45) is 0 Å². The molecule has 0 aliphatic carbocycles. The maximum Gasteiger partial charge on any atom is 0.335 e. The van der Waals surface area contributed by atoms with Crippen molar-refractivity contribution < 1.29 is 15.0 Å². The van der Waals surface area contributed by atoms with Crippen molar-refractivity contribution in [2.45, 2.75) is 52.5 Å². The SMILES string of the molecule is CCCc1cn(CCCO)c2c(C(C)C)cc(C(=O)O)cc12. The molecule has 0 aliphatic rings. The lowest BCUT2D eigenvalue weighted by atomic mass is 9.95. The molecule has 0 atom stereocenters. The first-order valence-electron chi connectivity index (χ1n) is 7.99. The van der Waals surface area contributed by atoms with E-state index < -0.39 is 5.97 Å². The summed E-state index contributed by atoms with van der Waals surface area (Å²) >= 11 is 0. The Balaban J connectivity index is 2.72. The molecule has 4 heteroatoms. The molecule has 0 saturated carbocycles. The van der Waals surface area contributed by atoms with Crippen LogP contribution in [-0.2, 0) is 13.0 Å². The Hall–Kier alpha value is -1.81. The molecule has 2 rings (SSSR count). The molecule has 0 saturated heterocycles. The van der Waals surface area contributed by atoms with Crippen LogP contribution in [0.15, 0.2) is 18.3 Å². The molecule has 0 radical (unpaired) electrons. The maximum absolute atomic E-state index is 11.4. The van der Waals surface area contributed by atoms with Crippen LogP contribution in [0.5, 0.6) is 0 Å². The second kappa shape index (κ2) is 6.97. The van der Waals surface area contributed by atoms with Gasteiger partial charge in [-0.25, -0.2) is 4.79 Å². The Kier molecular flexibility index (Phi) is 5.24. The predicted octanol–water partition coefficient (Wildman–Crippen LogP) is 3.80. The zero-order valence-electron chi connectivity index (χ0n) is 13.6. The fourth-order valence-corrected chi connectivity index (χ4v) is 2.99. The largest absolute Gasteiger partial charge is 0.478 e.